The van der Waals surface area contributed by atoms with Crippen LogP contribution in [0.25, 0.3) is 6.08 Å². The number of benzene rings is 1. The monoisotopic (exact) mass is 236 g/mol. The summed E-state index contributed by atoms with van der Waals surface area (Å²) in [7, 11) is 0. The van der Waals surface area contributed by atoms with Crippen LogP contribution in [0.3, 0.4) is 0 Å². The van der Waals surface area contributed by atoms with Crippen LogP contribution in [-0.2, 0) is 4.74 Å². The van der Waals surface area contributed by atoms with Crippen LogP contribution in [0, 0.1) is 19.8 Å². The van der Waals surface area contributed by atoms with Gasteiger partial charge in [0.15, 0.2) is 0 Å². The molecule has 0 saturated heterocycles. The van der Waals surface area contributed by atoms with Crippen molar-refractivity contribution >= 4 is 6.08 Å². The molecule has 0 unspecified atom stereocenters. The first-order valence-corrected chi connectivity index (χ1v) is 5.74. The first-order chi connectivity index (χ1) is 7.90. The van der Waals surface area contributed by atoms with Crippen molar-refractivity contribution in [2.24, 2.45) is 5.92 Å². The van der Waals surface area contributed by atoms with Crippen LogP contribution in [0.5, 0.6) is 5.75 Å². The summed E-state index contributed by atoms with van der Waals surface area (Å²) in [5, 5.41) is 19.4. The third kappa shape index (κ3) is 4.02. The number of rotatable bonds is 4. The van der Waals surface area contributed by atoms with Gasteiger partial charge in [-0.05, 0) is 37.0 Å². The van der Waals surface area contributed by atoms with E-state index in [0.717, 1.165) is 11.1 Å². The highest BCUT2D eigenvalue weighted by Crippen LogP contribution is 2.25. The molecule has 0 atom stereocenters. The molecule has 3 heteroatoms. The van der Waals surface area contributed by atoms with E-state index in [4.69, 9.17) is 4.74 Å². The molecule has 1 rings (SSSR count). The van der Waals surface area contributed by atoms with Gasteiger partial charge in [0, 0.05) is 11.6 Å². The Morgan fingerprint density at radius 2 is 2.00 bits per heavy atom. The summed E-state index contributed by atoms with van der Waals surface area (Å²) in [5.41, 5.74) is 2.48. The Kier molecular flexibility index (Phi) is 4.44. The summed E-state index contributed by atoms with van der Waals surface area (Å²) in [4.78, 5) is 0. The molecule has 1 aromatic rings. The average molecular weight is 236 g/mol. The van der Waals surface area contributed by atoms with Crippen LogP contribution in [0.2, 0.25) is 0 Å². The average Bonchev–Trinajstić information content (AvgIpc) is 2.20. The molecule has 0 aliphatic heterocycles. The predicted molar refractivity (Wildman–Crippen MR) is 69.0 cm³/mol. The van der Waals surface area contributed by atoms with E-state index in [0.29, 0.717) is 18.1 Å². The quantitative estimate of drug-likeness (QED) is 0.786. The molecule has 0 aliphatic rings. The van der Waals surface area contributed by atoms with Crippen molar-refractivity contribution in [3.8, 4) is 5.75 Å². The van der Waals surface area contributed by atoms with Gasteiger partial charge in [0.05, 0.1) is 6.61 Å². The van der Waals surface area contributed by atoms with Gasteiger partial charge in [0.25, 0.3) is 5.95 Å². The first-order valence-electron chi connectivity index (χ1n) is 5.74. The summed E-state index contributed by atoms with van der Waals surface area (Å²) >= 11 is 0. The molecule has 1 aromatic carbocycles. The fourth-order valence-corrected chi connectivity index (χ4v) is 1.56. The standard InChI is InChI=1S/C14H20O3/c1-9(2)8-17-14(16)7-12-11(4)5-10(3)6-13(12)15/h5-7,9,15-16H,8H2,1-4H3. The van der Waals surface area contributed by atoms with E-state index in [1.807, 2.05) is 33.8 Å². The molecular weight excluding hydrogens is 216 g/mol. The van der Waals surface area contributed by atoms with Crippen molar-refractivity contribution in [1.29, 1.82) is 0 Å². The number of aromatic hydroxyl groups is 1. The molecule has 3 nitrogen and oxygen atoms in total. The Balaban J connectivity index is 2.90. The van der Waals surface area contributed by atoms with Gasteiger partial charge in [-0.3, -0.25) is 0 Å². The smallest absolute Gasteiger partial charge is 0.277 e. The number of aryl methyl sites for hydroxylation is 2. The number of hydrogen-bond donors (Lipinski definition) is 2. The maximum Gasteiger partial charge on any atom is 0.277 e. The van der Waals surface area contributed by atoms with E-state index in [2.05, 4.69) is 0 Å². The van der Waals surface area contributed by atoms with Gasteiger partial charge in [-0.1, -0.05) is 19.9 Å². The summed E-state index contributed by atoms with van der Waals surface area (Å²) in [6.07, 6.45) is 1.45. The Bertz CT molecular complexity index is 396. The molecule has 17 heavy (non-hydrogen) atoms. The van der Waals surface area contributed by atoms with Crippen molar-refractivity contribution in [1.82, 2.24) is 0 Å². The zero-order valence-electron chi connectivity index (χ0n) is 10.8. The summed E-state index contributed by atoms with van der Waals surface area (Å²) in [6.45, 7) is 8.25. The van der Waals surface area contributed by atoms with Gasteiger partial charge in [0.2, 0.25) is 0 Å². The molecule has 0 aromatic heterocycles. The van der Waals surface area contributed by atoms with E-state index in [1.54, 1.807) is 6.07 Å². The minimum atomic E-state index is -0.166. The number of hydrogen-bond acceptors (Lipinski definition) is 3. The maximum absolute atomic E-state index is 9.79. The number of ether oxygens (including phenoxy) is 1. The zero-order chi connectivity index (χ0) is 13.0. The molecule has 0 amide bonds. The van der Waals surface area contributed by atoms with Gasteiger partial charge in [-0.2, -0.15) is 0 Å². The Labute approximate surface area is 102 Å². The highest BCUT2D eigenvalue weighted by Gasteiger charge is 2.06. The van der Waals surface area contributed by atoms with Crippen molar-refractivity contribution in [2.75, 3.05) is 6.61 Å². The van der Waals surface area contributed by atoms with Crippen LogP contribution in [-0.4, -0.2) is 16.8 Å². The van der Waals surface area contributed by atoms with Crippen LogP contribution < -0.4 is 0 Å². The van der Waals surface area contributed by atoms with Gasteiger partial charge in [-0.15, -0.1) is 0 Å². The van der Waals surface area contributed by atoms with E-state index >= 15 is 0 Å². The normalized spacial score (nSPS) is 11.9. The second-order valence-corrected chi connectivity index (χ2v) is 4.70. The van der Waals surface area contributed by atoms with Crippen LogP contribution in [0.1, 0.15) is 30.5 Å². The van der Waals surface area contributed by atoms with E-state index < -0.39 is 0 Å². The van der Waals surface area contributed by atoms with Crippen LogP contribution in [0.15, 0.2) is 18.1 Å². The number of aliphatic hydroxyl groups excluding tert-OH is 1. The Morgan fingerprint density at radius 3 is 2.53 bits per heavy atom. The molecule has 0 radical (unpaired) electrons. The van der Waals surface area contributed by atoms with Gasteiger partial charge < -0.3 is 14.9 Å². The molecule has 2 N–H and O–H groups in total. The van der Waals surface area contributed by atoms with Gasteiger partial charge in [-0.25, -0.2) is 0 Å². The third-order valence-electron chi connectivity index (χ3n) is 2.34. The van der Waals surface area contributed by atoms with Gasteiger partial charge in [0.1, 0.15) is 5.75 Å². The second kappa shape index (κ2) is 5.62. The number of phenolic OH excluding ortho intramolecular Hbond substituents is 1. The molecule has 0 spiro atoms. The lowest BCUT2D eigenvalue weighted by molar-refractivity contribution is 0.0805. The molecule has 0 saturated carbocycles. The molecule has 94 valence electrons. The van der Waals surface area contributed by atoms with Crippen molar-refractivity contribution in [2.45, 2.75) is 27.7 Å². The van der Waals surface area contributed by atoms with Crippen molar-refractivity contribution in [3.63, 3.8) is 0 Å². The Morgan fingerprint density at radius 1 is 1.35 bits per heavy atom. The number of aliphatic hydroxyl groups is 1. The fraction of sp³-hybridized carbons (Fsp3) is 0.429. The topological polar surface area (TPSA) is 49.7 Å². The molecule has 0 heterocycles. The molecule has 0 bridgehead atoms. The largest absolute Gasteiger partial charge is 0.507 e. The SMILES string of the molecule is Cc1cc(C)c(C=C(O)OCC(C)C)c(O)c1. The fourth-order valence-electron chi connectivity index (χ4n) is 1.56. The van der Waals surface area contributed by atoms with E-state index in [1.165, 1.54) is 6.08 Å². The summed E-state index contributed by atoms with van der Waals surface area (Å²) < 4.78 is 5.15. The van der Waals surface area contributed by atoms with Gasteiger partial charge >= 0.3 is 0 Å². The number of phenols is 1. The van der Waals surface area contributed by atoms with Crippen LogP contribution in [0.4, 0.5) is 0 Å². The lowest BCUT2D eigenvalue weighted by Gasteiger charge is -2.09. The lowest BCUT2D eigenvalue weighted by Crippen LogP contribution is -2.01. The Hall–Kier alpha value is -1.64. The maximum atomic E-state index is 9.79. The first kappa shape index (κ1) is 13.4. The minimum absolute atomic E-state index is 0.155. The minimum Gasteiger partial charge on any atom is -0.507 e. The predicted octanol–water partition coefficient (Wildman–Crippen LogP) is 3.54. The zero-order valence-corrected chi connectivity index (χ0v) is 10.8. The van der Waals surface area contributed by atoms with E-state index in [9.17, 15) is 10.2 Å². The lowest BCUT2D eigenvalue weighted by atomic mass is 10.0. The summed E-state index contributed by atoms with van der Waals surface area (Å²) in [5.74, 6) is 0.335. The third-order valence-corrected chi connectivity index (χ3v) is 2.34. The molecule has 0 fully saturated rings. The van der Waals surface area contributed by atoms with Crippen LogP contribution >= 0.6 is 0 Å². The second-order valence-electron chi connectivity index (χ2n) is 4.70. The van der Waals surface area contributed by atoms with Crippen molar-refractivity contribution < 1.29 is 14.9 Å². The highest BCUT2D eigenvalue weighted by molar-refractivity contribution is 5.61. The molecule has 0 aliphatic carbocycles. The van der Waals surface area contributed by atoms with Crippen molar-refractivity contribution in [3.05, 3.63) is 34.8 Å². The summed E-state index contributed by atoms with van der Waals surface area (Å²) in [6, 6.07) is 3.61. The highest BCUT2D eigenvalue weighted by atomic mass is 16.6. The molecular formula is C14H20O3. The van der Waals surface area contributed by atoms with E-state index in [-0.39, 0.29) is 11.7 Å².